The van der Waals surface area contributed by atoms with Crippen molar-refractivity contribution in [2.75, 3.05) is 237 Å². The van der Waals surface area contributed by atoms with Gasteiger partial charge < -0.3 is 110 Å². The van der Waals surface area contributed by atoms with Crippen molar-refractivity contribution in [3.05, 3.63) is 83.9 Å². The Kier molecular flexibility index (Phi) is 54.9. The number of rotatable bonds is 52. The van der Waals surface area contributed by atoms with E-state index in [0.29, 0.717) is 182 Å². The van der Waals surface area contributed by atoms with Crippen molar-refractivity contribution in [2.24, 2.45) is 0 Å². The van der Waals surface area contributed by atoms with Gasteiger partial charge in [-0.1, -0.05) is 67.1 Å². The van der Waals surface area contributed by atoms with Gasteiger partial charge in [0.15, 0.2) is 5.78 Å². The van der Waals surface area contributed by atoms with Crippen molar-refractivity contribution < 1.29 is 124 Å². The summed E-state index contributed by atoms with van der Waals surface area (Å²) in [6.07, 6.45) is 7.76. The molecule has 2 aromatic carbocycles. The van der Waals surface area contributed by atoms with Crippen molar-refractivity contribution in [3.8, 4) is 0 Å². The Morgan fingerprint density at radius 3 is 1.29 bits per heavy atom. The number of carbonyl (C=O) groups is 15. The molecule has 2 aromatic rings. The van der Waals surface area contributed by atoms with Crippen molar-refractivity contribution in [1.82, 2.24) is 72.8 Å². The highest BCUT2D eigenvalue weighted by molar-refractivity contribution is 6.12. The zero-order valence-corrected chi connectivity index (χ0v) is 71.1. The third kappa shape index (κ3) is 50.6. The summed E-state index contributed by atoms with van der Waals surface area (Å²) in [4.78, 5) is 195. The molecule has 10 N–H and O–H groups in total. The molecule has 1 saturated heterocycles. The lowest BCUT2D eigenvalue weighted by atomic mass is 9.90. The monoisotopic (exact) mass is 1740 g/mol. The molecule has 1 saturated carbocycles. The number of amides is 13. The second-order valence-electron chi connectivity index (χ2n) is 29.0. The van der Waals surface area contributed by atoms with E-state index in [2.05, 4.69) is 58.1 Å². The molecule has 0 radical (unpaired) electrons. The van der Waals surface area contributed by atoms with Crippen LogP contribution in [0.2, 0.25) is 0 Å². The molecular weight excluding hydrogens is 1610 g/mol. The minimum absolute atomic E-state index is 0.0208. The summed E-state index contributed by atoms with van der Waals surface area (Å²) >= 11 is 0. The molecule has 0 bridgehead atoms. The summed E-state index contributed by atoms with van der Waals surface area (Å²) in [7, 11) is 0. The predicted molar refractivity (Wildman–Crippen MR) is 443 cm³/mol. The molecule has 123 heavy (non-hydrogen) atoms. The number of imide groups is 1. The van der Waals surface area contributed by atoms with Crippen LogP contribution in [-0.2, 0) is 137 Å². The molecule has 0 aromatic heterocycles. The first-order chi connectivity index (χ1) is 59.6. The highest BCUT2D eigenvalue weighted by atomic mass is 16.6. The summed E-state index contributed by atoms with van der Waals surface area (Å²) in [5.74, 6) is -6.73. The zero-order valence-electron chi connectivity index (χ0n) is 71.1. The fourth-order valence-electron chi connectivity index (χ4n) is 12.5. The number of hydrogen-bond donors (Lipinski definition) is 10. The van der Waals surface area contributed by atoms with Crippen molar-refractivity contribution >= 4 is 88.4 Å². The highest BCUT2D eigenvalue weighted by Crippen LogP contribution is 2.24. The van der Waals surface area contributed by atoms with Crippen LogP contribution in [0.4, 0.5) is 0 Å². The number of Topliss-reactive ketones (excluding diaryl/α,β-unsaturated/α-hetero) is 2. The first kappa shape index (κ1) is 104. The Balaban J connectivity index is 1.02. The average Bonchev–Trinajstić information content (AvgIpc) is 1.69. The fraction of sp³-hybridized carbons (Fsp3) is 0.651. The number of benzene rings is 2. The van der Waals surface area contributed by atoms with E-state index in [1.807, 2.05) is 11.0 Å². The summed E-state index contributed by atoms with van der Waals surface area (Å²) < 4.78 is 63.3. The van der Waals surface area contributed by atoms with Gasteiger partial charge in [-0.05, 0) is 63.5 Å². The van der Waals surface area contributed by atoms with Crippen LogP contribution in [0.1, 0.15) is 89.2 Å². The Bertz CT molecular complexity index is 3500. The van der Waals surface area contributed by atoms with E-state index in [0.717, 1.165) is 18.4 Å². The maximum atomic E-state index is 13.8. The Hall–Kier alpha value is -9.69. The molecule has 3 aliphatic rings. The van der Waals surface area contributed by atoms with Crippen molar-refractivity contribution in [3.63, 3.8) is 0 Å². The molecule has 0 spiro atoms. The number of nitrogens with zero attached hydrogens (tertiary/aromatic N) is 4. The number of hydrogen-bond acceptors (Lipinski definition) is 28. The minimum atomic E-state index is -1.12. The normalized spacial score (nSPS) is 16.8. The second-order valence-corrected chi connectivity index (χ2v) is 29.0. The van der Waals surface area contributed by atoms with Gasteiger partial charge in [0, 0.05) is 102 Å². The zero-order chi connectivity index (χ0) is 88.7. The number of nitrogens with one attached hydrogen (secondary N) is 10. The first-order valence-corrected chi connectivity index (χ1v) is 42.1. The summed E-state index contributed by atoms with van der Waals surface area (Å²) in [6, 6.07) is 15.7. The standard InChI is InChI=1S/C83H128N14O26/c1-63(98)54-88-82(111)69(52-65-12-6-3-7-13-65)92-76(105)58-86-73(102)55-84-71(100)23-32-113-40-42-117-36-28-95(29-37-118-43-41-114-33-24-72(101)85-56-74(103)87-59-77(106)93-70(53-66-14-8-4-9-15-66)83(112)89-57-75(104)90-62-123-61-64(2)99)68-19-17-67(18-20-68)91-78(107)60-94-26-34-115-44-48-121-50-46-119-38-30-96(31-39-120-47-51-122-49-45-116-35-27-94)79(108)16-10-5-11-25-97-80(109)21-22-81(97)110/h3-4,6-9,12-15,21-22,67-70H,5,10-11,16-20,23-62H2,1-2H3,(H,84,100)(H,85,101)(H,86,102)(H,87,103)(H,88,111)(H,89,112)(H,90,104)(H,91,107)(H,92,105)(H,93,106)/t67?,68?,69-,70-/m0/s1. The molecule has 2 aliphatic heterocycles. The quantitative estimate of drug-likeness (QED) is 0.0176. The molecule has 40 nitrogen and oxygen atoms in total. The minimum Gasteiger partial charge on any atom is -0.379 e. The van der Waals surface area contributed by atoms with Gasteiger partial charge in [0.25, 0.3) is 11.8 Å². The topological polar surface area (TPSA) is 491 Å². The van der Waals surface area contributed by atoms with Gasteiger partial charge in [-0.15, -0.1) is 0 Å². The lowest BCUT2D eigenvalue weighted by Crippen LogP contribution is -2.52. The maximum absolute atomic E-state index is 13.8. The summed E-state index contributed by atoms with van der Waals surface area (Å²) in [5, 5.41) is 25.6. The summed E-state index contributed by atoms with van der Waals surface area (Å²) in [5.41, 5.74) is 1.48. The maximum Gasteiger partial charge on any atom is 0.253 e. The van der Waals surface area contributed by atoms with E-state index >= 15 is 0 Å². The van der Waals surface area contributed by atoms with E-state index in [4.69, 9.17) is 52.1 Å². The first-order valence-electron chi connectivity index (χ1n) is 42.1. The van der Waals surface area contributed by atoms with Crippen LogP contribution < -0.4 is 53.2 Å². The molecule has 0 unspecified atom stereocenters. The number of unbranched alkanes of at least 4 members (excludes halogenated alkanes) is 2. The van der Waals surface area contributed by atoms with E-state index in [1.165, 1.54) is 30.9 Å². The smallest absolute Gasteiger partial charge is 0.253 e. The SMILES string of the molecule is CC(=O)CNC(=O)[C@H](Cc1ccccc1)NC(=O)CNC(=O)CNC(=O)CCOCCOCCN(CCOCCOCCC(=O)NCC(=O)NCC(=O)N[C@@H](Cc1ccccc1)C(=O)NCC(=O)NCOCC(C)=O)C1CCC(NC(=O)CN2CCOCCOCCOCCN(C(=O)CCCCCN3C(=O)C=CC3=O)CCOCCOCCOCC2)CC1. The highest BCUT2D eigenvalue weighted by Gasteiger charge is 2.30. The van der Waals surface area contributed by atoms with Crippen molar-refractivity contribution in [1.29, 1.82) is 0 Å². The van der Waals surface area contributed by atoms with E-state index in [1.54, 1.807) is 59.5 Å². The van der Waals surface area contributed by atoms with Crippen LogP contribution in [0.5, 0.6) is 0 Å². The number of carbonyl (C=O) groups excluding carboxylic acids is 15. The van der Waals surface area contributed by atoms with Crippen LogP contribution in [-0.4, -0.2) is 369 Å². The fourth-order valence-corrected chi connectivity index (χ4v) is 12.5. The Morgan fingerprint density at radius 2 is 0.829 bits per heavy atom. The van der Waals surface area contributed by atoms with Gasteiger partial charge in [0.1, 0.15) is 31.2 Å². The van der Waals surface area contributed by atoms with E-state index in [-0.39, 0.29) is 139 Å². The van der Waals surface area contributed by atoms with Gasteiger partial charge in [-0.2, -0.15) is 0 Å². The molecule has 1 aliphatic carbocycles. The van der Waals surface area contributed by atoms with Gasteiger partial charge >= 0.3 is 0 Å². The second kappa shape index (κ2) is 65.0. The number of ether oxygens (including phenoxy) is 11. The third-order valence-corrected chi connectivity index (χ3v) is 19.1. The average molecular weight is 1740 g/mol. The molecule has 686 valence electrons. The van der Waals surface area contributed by atoms with Gasteiger partial charge in [-0.25, -0.2) is 0 Å². The third-order valence-electron chi connectivity index (χ3n) is 19.1. The molecule has 2 atom stereocenters. The Labute approximate surface area is 718 Å². The van der Waals surface area contributed by atoms with Crippen LogP contribution in [0.3, 0.4) is 0 Å². The van der Waals surface area contributed by atoms with Crippen LogP contribution in [0, 0.1) is 0 Å². The van der Waals surface area contributed by atoms with Gasteiger partial charge in [0.2, 0.25) is 65.0 Å². The molecular formula is C83H128N14O26. The molecule has 2 heterocycles. The molecule has 5 rings (SSSR count). The Morgan fingerprint density at radius 1 is 0.415 bits per heavy atom. The molecule has 2 fully saturated rings. The van der Waals surface area contributed by atoms with Gasteiger partial charge in [0.05, 0.1) is 178 Å². The summed E-state index contributed by atoms with van der Waals surface area (Å²) in [6.45, 7) is 8.19. The van der Waals surface area contributed by atoms with E-state index in [9.17, 15) is 71.9 Å². The van der Waals surface area contributed by atoms with Gasteiger partial charge in [-0.3, -0.25) is 86.6 Å². The predicted octanol–water partition coefficient (Wildman–Crippen LogP) is -3.29. The molecule has 40 heteroatoms. The van der Waals surface area contributed by atoms with Crippen LogP contribution in [0.25, 0.3) is 0 Å². The van der Waals surface area contributed by atoms with E-state index < -0.39 is 98.0 Å². The van der Waals surface area contributed by atoms with Crippen molar-refractivity contribution in [2.45, 2.75) is 115 Å². The lowest BCUT2D eigenvalue weighted by Gasteiger charge is -2.37. The molecule has 13 amide bonds. The van der Waals surface area contributed by atoms with Crippen LogP contribution in [0.15, 0.2) is 72.8 Å². The largest absolute Gasteiger partial charge is 0.379 e. The lowest BCUT2D eigenvalue weighted by molar-refractivity contribution is -0.137. The number of ketones is 2. The van der Waals surface area contributed by atoms with Crippen LogP contribution >= 0.6 is 0 Å².